The van der Waals surface area contributed by atoms with Crippen molar-refractivity contribution >= 4 is 15.9 Å². The standard InChI is InChI=1S/C22H28N4O4S/c27-22(26-13-11-25(12-14-26)17-18-7-9-23-10-8-18)19-3-5-21(6-4-19)31(28,29)24-16-20-2-1-15-30-20/h3-10,20,24H,1-2,11-17H2. The van der Waals surface area contributed by atoms with Crippen molar-refractivity contribution in [3.63, 3.8) is 0 Å². The summed E-state index contributed by atoms with van der Waals surface area (Å²) < 4.78 is 33.0. The molecule has 1 N–H and O–H groups in total. The van der Waals surface area contributed by atoms with Crippen LogP contribution < -0.4 is 4.72 Å². The van der Waals surface area contributed by atoms with E-state index in [1.54, 1.807) is 24.5 Å². The summed E-state index contributed by atoms with van der Waals surface area (Å²) in [5, 5.41) is 0. The number of nitrogens with zero attached hydrogens (tertiary/aromatic N) is 3. The lowest BCUT2D eigenvalue weighted by Crippen LogP contribution is -2.48. The number of aromatic nitrogens is 1. The maximum absolute atomic E-state index is 12.8. The van der Waals surface area contributed by atoms with Crippen molar-refractivity contribution in [3.05, 3.63) is 59.9 Å². The van der Waals surface area contributed by atoms with E-state index in [1.165, 1.54) is 17.7 Å². The highest BCUT2D eigenvalue weighted by atomic mass is 32.2. The van der Waals surface area contributed by atoms with E-state index < -0.39 is 10.0 Å². The normalized spacial score (nSPS) is 20.1. The van der Waals surface area contributed by atoms with Gasteiger partial charge in [0.2, 0.25) is 10.0 Å². The number of carbonyl (C=O) groups is 1. The Bertz CT molecular complexity index is 968. The van der Waals surface area contributed by atoms with Crippen LogP contribution in [0.15, 0.2) is 53.7 Å². The minimum absolute atomic E-state index is 0.0622. The zero-order valence-corrected chi connectivity index (χ0v) is 18.3. The van der Waals surface area contributed by atoms with Gasteiger partial charge < -0.3 is 9.64 Å². The molecule has 0 saturated carbocycles. The molecular weight excluding hydrogens is 416 g/mol. The lowest BCUT2D eigenvalue weighted by atomic mass is 10.1. The Morgan fingerprint density at radius 2 is 1.77 bits per heavy atom. The molecule has 1 aromatic heterocycles. The third kappa shape index (κ3) is 5.68. The number of hydrogen-bond acceptors (Lipinski definition) is 6. The van der Waals surface area contributed by atoms with Crippen LogP contribution in [0.4, 0.5) is 0 Å². The topological polar surface area (TPSA) is 91.8 Å². The Kier molecular flexibility index (Phi) is 6.96. The van der Waals surface area contributed by atoms with Gasteiger partial charge in [-0.15, -0.1) is 0 Å². The Morgan fingerprint density at radius 1 is 1.06 bits per heavy atom. The van der Waals surface area contributed by atoms with Gasteiger partial charge in [-0.3, -0.25) is 14.7 Å². The molecule has 0 aliphatic carbocycles. The SMILES string of the molecule is O=C(c1ccc(S(=O)(=O)NCC2CCCO2)cc1)N1CCN(Cc2ccncc2)CC1. The number of hydrogen-bond donors (Lipinski definition) is 1. The molecule has 8 nitrogen and oxygen atoms in total. The summed E-state index contributed by atoms with van der Waals surface area (Å²) in [6.07, 6.45) is 5.34. The van der Waals surface area contributed by atoms with Crippen LogP contribution in [0.25, 0.3) is 0 Å². The van der Waals surface area contributed by atoms with Crippen LogP contribution in [0.5, 0.6) is 0 Å². The summed E-state index contributed by atoms with van der Waals surface area (Å²) in [7, 11) is -3.62. The molecule has 0 spiro atoms. The molecule has 9 heteroatoms. The fourth-order valence-corrected chi connectivity index (χ4v) is 4.97. The summed E-state index contributed by atoms with van der Waals surface area (Å²) in [6.45, 7) is 4.69. The fourth-order valence-electron chi connectivity index (χ4n) is 3.91. The number of amides is 1. The molecule has 2 aliphatic rings. The molecule has 2 saturated heterocycles. The minimum atomic E-state index is -3.62. The lowest BCUT2D eigenvalue weighted by molar-refractivity contribution is 0.0628. The van der Waals surface area contributed by atoms with Crippen molar-refractivity contribution in [1.29, 1.82) is 0 Å². The van der Waals surface area contributed by atoms with Gasteiger partial charge in [-0.25, -0.2) is 13.1 Å². The van der Waals surface area contributed by atoms with Crippen molar-refractivity contribution in [3.8, 4) is 0 Å². The van der Waals surface area contributed by atoms with E-state index in [-0.39, 0.29) is 23.5 Å². The van der Waals surface area contributed by atoms with Crippen molar-refractivity contribution in [2.24, 2.45) is 0 Å². The number of nitrogens with one attached hydrogen (secondary N) is 1. The summed E-state index contributed by atoms with van der Waals surface area (Å²) in [4.78, 5) is 21.2. The molecule has 1 amide bonds. The number of carbonyl (C=O) groups excluding carboxylic acids is 1. The molecule has 4 rings (SSSR count). The van der Waals surface area contributed by atoms with Crippen LogP contribution >= 0.6 is 0 Å². The molecule has 2 aliphatic heterocycles. The number of rotatable bonds is 7. The van der Waals surface area contributed by atoms with Gasteiger partial charge in [0, 0.05) is 63.8 Å². The molecule has 166 valence electrons. The van der Waals surface area contributed by atoms with Gasteiger partial charge in [0.05, 0.1) is 11.0 Å². The van der Waals surface area contributed by atoms with Gasteiger partial charge in [-0.2, -0.15) is 0 Å². The first-order valence-corrected chi connectivity index (χ1v) is 12.1. The Balaban J connectivity index is 1.30. The maximum atomic E-state index is 12.8. The minimum Gasteiger partial charge on any atom is -0.377 e. The van der Waals surface area contributed by atoms with E-state index in [1.807, 2.05) is 17.0 Å². The maximum Gasteiger partial charge on any atom is 0.253 e. The van der Waals surface area contributed by atoms with Crippen molar-refractivity contribution in [1.82, 2.24) is 19.5 Å². The van der Waals surface area contributed by atoms with Crippen LogP contribution in [-0.4, -0.2) is 74.5 Å². The molecule has 1 unspecified atom stereocenters. The number of piperazine rings is 1. The third-order valence-corrected chi connectivity index (χ3v) is 7.19. The predicted molar refractivity (Wildman–Crippen MR) is 116 cm³/mol. The van der Waals surface area contributed by atoms with Gasteiger partial charge in [0.15, 0.2) is 0 Å². The molecular formula is C22H28N4O4S. The molecule has 3 heterocycles. The van der Waals surface area contributed by atoms with Crippen LogP contribution in [0.3, 0.4) is 0 Å². The highest BCUT2D eigenvalue weighted by Crippen LogP contribution is 2.16. The highest BCUT2D eigenvalue weighted by molar-refractivity contribution is 7.89. The van der Waals surface area contributed by atoms with E-state index >= 15 is 0 Å². The average molecular weight is 445 g/mol. The first-order chi connectivity index (χ1) is 15.0. The summed E-state index contributed by atoms with van der Waals surface area (Å²) in [6, 6.07) is 10.2. The first kappa shape index (κ1) is 21.9. The van der Waals surface area contributed by atoms with E-state index in [2.05, 4.69) is 14.6 Å². The largest absolute Gasteiger partial charge is 0.377 e. The number of sulfonamides is 1. The number of pyridine rings is 1. The second-order valence-electron chi connectivity index (χ2n) is 7.94. The highest BCUT2D eigenvalue weighted by Gasteiger charge is 2.24. The Labute approximate surface area is 183 Å². The molecule has 2 aromatic rings. The molecule has 1 atom stereocenters. The first-order valence-electron chi connectivity index (χ1n) is 10.6. The van der Waals surface area contributed by atoms with E-state index in [0.717, 1.165) is 32.5 Å². The molecule has 0 bridgehead atoms. The fraction of sp³-hybridized carbons (Fsp3) is 0.455. The van der Waals surface area contributed by atoms with Gasteiger partial charge in [-0.05, 0) is 54.8 Å². The third-order valence-electron chi connectivity index (χ3n) is 5.75. The van der Waals surface area contributed by atoms with Gasteiger partial charge in [-0.1, -0.05) is 0 Å². The molecule has 1 aromatic carbocycles. The molecule has 2 fully saturated rings. The predicted octanol–water partition coefficient (Wildman–Crippen LogP) is 1.50. The van der Waals surface area contributed by atoms with Gasteiger partial charge >= 0.3 is 0 Å². The molecule has 31 heavy (non-hydrogen) atoms. The van der Waals surface area contributed by atoms with Crippen molar-refractivity contribution in [2.75, 3.05) is 39.3 Å². The smallest absolute Gasteiger partial charge is 0.253 e. The van der Waals surface area contributed by atoms with E-state index in [0.29, 0.717) is 25.3 Å². The van der Waals surface area contributed by atoms with Crippen molar-refractivity contribution < 1.29 is 17.9 Å². The van der Waals surface area contributed by atoms with E-state index in [4.69, 9.17) is 4.74 Å². The zero-order chi connectivity index (χ0) is 21.7. The average Bonchev–Trinajstić information content (AvgIpc) is 3.33. The molecule has 0 radical (unpaired) electrons. The van der Waals surface area contributed by atoms with Crippen LogP contribution in [-0.2, 0) is 21.3 Å². The van der Waals surface area contributed by atoms with Crippen molar-refractivity contribution in [2.45, 2.75) is 30.4 Å². The summed E-state index contributed by atoms with van der Waals surface area (Å²) >= 11 is 0. The summed E-state index contributed by atoms with van der Waals surface area (Å²) in [5.41, 5.74) is 1.71. The lowest BCUT2D eigenvalue weighted by Gasteiger charge is -2.34. The second kappa shape index (κ2) is 9.86. The Hall–Kier alpha value is -2.33. The second-order valence-corrected chi connectivity index (χ2v) is 9.70. The van der Waals surface area contributed by atoms with Crippen LogP contribution in [0, 0.1) is 0 Å². The van der Waals surface area contributed by atoms with Gasteiger partial charge in [0.1, 0.15) is 0 Å². The van der Waals surface area contributed by atoms with Gasteiger partial charge in [0.25, 0.3) is 5.91 Å². The van der Waals surface area contributed by atoms with Crippen LogP contribution in [0.1, 0.15) is 28.8 Å². The van der Waals surface area contributed by atoms with E-state index in [9.17, 15) is 13.2 Å². The quantitative estimate of drug-likeness (QED) is 0.696. The zero-order valence-electron chi connectivity index (χ0n) is 17.4. The Morgan fingerprint density at radius 3 is 2.42 bits per heavy atom. The number of ether oxygens (including phenoxy) is 1. The monoisotopic (exact) mass is 444 g/mol. The number of benzene rings is 1. The van der Waals surface area contributed by atoms with Crippen LogP contribution in [0.2, 0.25) is 0 Å². The summed E-state index contributed by atoms with van der Waals surface area (Å²) in [5.74, 6) is -0.0696.